The summed E-state index contributed by atoms with van der Waals surface area (Å²) in [5.41, 5.74) is 0. The van der Waals surface area contributed by atoms with Crippen LogP contribution in [0.3, 0.4) is 0 Å². The second-order valence-corrected chi connectivity index (χ2v) is 3.28. The number of likely N-dealkylation sites (N-methyl/N-ethyl adjacent to an activating group) is 2. The van der Waals surface area contributed by atoms with Gasteiger partial charge >= 0.3 is 58.4 Å². The molecular weight excluding hydrogens is 207 g/mol. The van der Waals surface area contributed by atoms with Crippen molar-refractivity contribution in [3.05, 3.63) is 0 Å². The summed E-state index contributed by atoms with van der Waals surface area (Å²) in [5, 5.41) is 0. The van der Waals surface area contributed by atoms with E-state index in [9.17, 15) is 12.9 Å². The van der Waals surface area contributed by atoms with E-state index < -0.39 is 13.4 Å². The van der Waals surface area contributed by atoms with E-state index in [1.165, 1.54) is 11.9 Å². The molecule has 0 aliphatic heterocycles. The SMILES string of the molecule is CN(C)CCN(C)C[B-](F)(F)F.[K+]. The van der Waals surface area contributed by atoms with Gasteiger partial charge in [0.05, 0.1) is 0 Å². The topological polar surface area (TPSA) is 6.48 Å². The largest absolute Gasteiger partial charge is 1.00 e. The first-order valence-corrected chi connectivity index (χ1v) is 3.85. The minimum Gasteiger partial charge on any atom is -0.448 e. The van der Waals surface area contributed by atoms with Crippen molar-refractivity contribution in [2.75, 3.05) is 40.7 Å². The van der Waals surface area contributed by atoms with Gasteiger partial charge in [-0.2, -0.15) is 0 Å². The summed E-state index contributed by atoms with van der Waals surface area (Å²) in [5.74, 6) is 0. The molecule has 0 aliphatic rings. The van der Waals surface area contributed by atoms with E-state index in [-0.39, 0.29) is 51.4 Å². The summed E-state index contributed by atoms with van der Waals surface area (Å²) in [6.07, 6.45) is -0.770. The van der Waals surface area contributed by atoms with Crippen molar-refractivity contribution in [3.8, 4) is 0 Å². The molecule has 0 spiro atoms. The average molecular weight is 222 g/mol. The molecule has 0 bridgehead atoms. The van der Waals surface area contributed by atoms with Crippen LogP contribution in [0.1, 0.15) is 0 Å². The van der Waals surface area contributed by atoms with Gasteiger partial charge in [0, 0.05) is 13.1 Å². The van der Waals surface area contributed by atoms with Gasteiger partial charge in [0.1, 0.15) is 0 Å². The van der Waals surface area contributed by atoms with Crippen LogP contribution >= 0.6 is 0 Å². The van der Waals surface area contributed by atoms with Crippen molar-refractivity contribution in [2.24, 2.45) is 0 Å². The molecule has 0 saturated carbocycles. The quantitative estimate of drug-likeness (QED) is 0.490. The fraction of sp³-hybridized carbons (Fsp3) is 1.00. The summed E-state index contributed by atoms with van der Waals surface area (Å²) >= 11 is 0. The zero-order chi connectivity index (χ0) is 9.78. The Kier molecular flexibility index (Phi) is 9.93. The Hall–Kier alpha value is 1.41. The number of rotatable bonds is 5. The normalized spacial score (nSPS) is 12.0. The number of hydrogen-bond donors (Lipinski definition) is 0. The van der Waals surface area contributed by atoms with Crippen LogP contribution in [-0.2, 0) is 0 Å². The maximum Gasteiger partial charge on any atom is 1.00 e. The molecule has 0 aromatic heterocycles. The average Bonchev–Trinajstić information content (AvgIpc) is 1.79. The molecule has 13 heavy (non-hydrogen) atoms. The van der Waals surface area contributed by atoms with E-state index in [0.29, 0.717) is 13.1 Å². The minimum absolute atomic E-state index is 0. The van der Waals surface area contributed by atoms with Gasteiger partial charge < -0.3 is 22.7 Å². The number of halogens is 3. The molecule has 0 radical (unpaired) electrons. The minimum atomic E-state index is -4.67. The molecule has 74 valence electrons. The Balaban J connectivity index is 0. The maximum atomic E-state index is 11.8. The second-order valence-electron chi connectivity index (χ2n) is 3.28. The molecule has 0 saturated heterocycles. The molecule has 0 unspecified atom stereocenters. The standard InChI is InChI=1S/C6H15BF3N2.K/c1-11(2)4-5-12(3)6-7(8,9)10;/h4-6H2,1-3H3;/q-1;+1. The predicted octanol–water partition coefficient (Wildman–Crippen LogP) is -2.13. The van der Waals surface area contributed by atoms with Crippen LogP contribution in [0.4, 0.5) is 12.9 Å². The third-order valence-corrected chi connectivity index (χ3v) is 1.45. The van der Waals surface area contributed by atoms with Gasteiger partial charge in [0.25, 0.3) is 0 Å². The number of hydrogen-bond acceptors (Lipinski definition) is 2. The summed E-state index contributed by atoms with van der Waals surface area (Å²) in [6.45, 7) is -3.56. The van der Waals surface area contributed by atoms with Gasteiger partial charge in [0.2, 0.25) is 0 Å². The van der Waals surface area contributed by atoms with E-state index in [2.05, 4.69) is 0 Å². The molecule has 0 rings (SSSR count). The molecule has 0 N–H and O–H groups in total. The molecule has 0 heterocycles. The fourth-order valence-corrected chi connectivity index (χ4v) is 0.815. The molecular formula is C6H15BF3KN2. The van der Waals surface area contributed by atoms with Crippen molar-refractivity contribution < 1.29 is 64.3 Å². The Bertz CT molecular complexity index is 132. The van der Waals surface area contributed by atoms with Crippen molar-refractivity contribution in [3.63, 3.8) is 0 Å². The van der Waals surface area contributed by atoms with Gasteiger partial charge in [-0.1, -0.05) is 0 Å². The molecule has 0 atom stereocenters. The molecule has 0 aromatic carbocycles. The van der Waals surface area contributed by atoms with Crippen LogP contribution in [0, 0.1) is 0 Å². The fourth-order valence-electron chi connectivity index (χ4n) is 0.815. The first kappa shape index (κ1) is 16.8. The Morgan fingerprint density at radius 2 is 1.46 bits per heavy atom. The number of nitrogens with zero attached hydrogens (tertiary/aromatic N) is 2. The predicted molar refractivity (Wildman–Crippen MR) is 45.1 cm³/mol. The maximum absolute atomic E-state index is 11.8. The Morgan fingerprint density at radius 3 is 1.77 bits per heavy atom. The molecule has 7 heteroatoms. The van der Waals surface area contributed by atoms with Crippen molar-refractivity contribution in [1.29, 1.82) is 0 Å². The molecule has 0 aromatic rings. The molecule has 2 nitrogen and oxygen atoms in total. The molecule has 0 fully saturated rings. The van der Waals surface area contributed by atoms with E-state index in [4.69, 9.17) is 0 Å². The second kappa shape index (κ2) is 7.67. The first-order valence-electron chi connectivity index (χ1n) is 3.85. The summed E-state index contributed by atoms with van der Waals surface area (Å²) in [6, 6.07) is 0. The van der Waals surface area contributed by atoms with Gasteiger partial charge in [-0.25, -0.2) is 0 Å². The zero-order valence-electron chi connectivity index (χ0n) is 8.73. The van der Waals surface area contributed by atoms with Crippen LogP contribution in [-0.4, -0.2) is 57.5 Å². The summed E-state index contributed by atoms with van der Waals surface area (Å²) in [4.78, 5) is 3.15. The smallest absolute Gasteiger partial charge is 0.448 e. The van der Waals surface area contributed by atoms with Gasteiger partial charge in [-0.15, -0.1) is 0 Å². The third-order valence-electron chi connectivity index (χ3n) is 1.45. The van der Waals surface area contributed by atoms with Gasteiger partial charge in [-0.05, 0) is 27.6 Å². The van der Waals surface area contributed by atoms with Crippen LogP contribution in [0.5, 0.6) is 0 Å². The summed E-state index contributed by atoms with van der Waals surface area (Å²) in [7, 11) is 5.16. The molecule has 0 aliphatic carbocycles. The zero-order valence-corrected chi connectivity index (χ0v) is 11.9. The van der Waals surface area contributed by atoms with Crippen LogP contribution in [0.2, 0.25) is 0 Å². The van der Waals surface area contributed by atoms with Crippen LogP contribution in [0.25, 0.3) is 0 Å². The van der Waals surface area contributed by atoms with Crippen molar-refractivity contribution in [1.82, 2.24) is 9.80 Å². The molecule has 0 amide bonds. The summed E-state index contributed by atoms with van der Waals surface area (Å²) < 4.78 is 35.5. The van der Waals surface area contributed by atoms with Crippen LogP contribution in [0.15, 0.2) is 0 Å². The van der Waals surface area contributed by atoms with E-state index in [1.807, 2.05) is 19.0 Å². The Labute approximate surface area is 120 Å². The third kappa shape index (κ3) is 13.4. The van der Waals surface area contributed by atoms with Gasteiger partial charge in [0.15, 0.2) is 0 Å². The van der Waals surface area contributed by atoms with Crippen molar-refractivity contribution >= 4 is 6.98 Å². The van der Waals surface area contributed by atoms with E-state index in [1.54, 1.807) is 0 Å². The van der Waals surface area contributed by atoms with Crippen molar-refractivity contribution in [2.45, 2.75) is 0 Å². The van der Waals surface area contributed by atoms with Gasteiger partial charge in [-0.3, -0.25) is 0 Å². The first-order chi connectivity index (χ1) is 5.31. The van der Waals surface area contributed by atoms with Crippen LogP contribution < -0.4 is 51.4 Å². The van der Waals surface area contributed by atoms with E-state index >= 15 is 0 Å². The monoisotopic (exact) mass is 222 g/mol. The Morgan fingerprint density at radius 1 is 1.00 bits per heavy atom. The van der Waals surface area contributed by atoms with E-state index in [0.717, 1.165) is 0 Å².